The van der Waals surface area contributed by atoms with Gasteiger partial charge in [-0.2, -0.15) is 4.68 Å². The van der Waals surface area contributed by atoms with E-state index in [0.717, 1.165) is 16.8 Å². The van der Waals surface area contributed by atoms with Gasteiger partial charge in [-0.05, 0) is 29.8 Å². The molecule has 10 heteroatoms. The van der Waals surface area contributed by atoms with E-state index in [4.69, 9.17) is 0 Å². The molecule has 2 aromatic carbocycles. The van der Waals surface area contributed by atoms with Crippen molar-refractivity contribution in [3.05, 3.63) is 64.4 Å². The minimum atomic E-state index is -4.83. The van der Waals surface area contributed by atoms with Gasteiger partial charge in [0.05, 0.1) is 17.3 Å². The highest BCUT2D eigenvalue weighted by Gasteiger charge is 2.31. The van der Waals surface area contributed by atoms with Crippen LogP contribution in [0.1, 0.15) is 19.4 Å². The molecule has 30 heavy (non-hydrogen) atoms. The molecular formula is C20H18F3N3O3S. The highest BCUT2D eigenvalue weighted by atomic mass is 32.2. The molecule has 0 fully saturated rings. The van der Waals surface area contributed by atoms with E-state index >= 15 is 0 Å². The lowest BCUT2D eigenvalue weighted by atomic mass is 10.1. The van der Waals surface area contributed by atoms with Gasteiger partial charge in [-0.25, -0.2) is 4.98 Å². The molecule has 0 radical (unpaired) electrons. The fraction of sp³-hybridized carbons (Fsp3) is 0.250. The number of hydrogen-bond acceptors (Lipinski definition) is 5. The predicted molar refractivity (Wildman–Crippen MR) is 108 cm³/mol. The number of nitrogens with zero attached hydrogens (tertiary/aromatic N) is 2. The SMILES string of the molecule is CC(C)Sc1nc2ccccc2c(=O)n1NC(=O)Cc1cccc(OC(F)(F)F)c1. The number of fused-ring (bicyclic) bond motifs is 1. The number of thioether (sulfide) groups is 1. The van der Waals surface area contributed by atoms with Gasteiger partial charge in [0.25, 0.3) is 5.56 Å². The minimum Gasteiger partial charge on any atom is -0.406 e. The first-order chi connectivity index (χ1) is 14.1. The van der Waals surface area contributed by atoms with Crippen molar-refractivity contribution >= 4 is 28.6 Å². The molecule has 1 heterocycles. The van der Waals surface area contributed by atoms with Crippen LogP contribution in [0.25, 0.3) is 10.9 Å². The van der Waals surface area contributed by atoms with Gasteiger partial charge in [0.1, 0.15) is 5.75 Å². The molecule has 0 bridgehead atoms. The number of para-hydroxylation sites is 1. The normalized spacial score (nSPS) is 11.7. The largest absolute Gasteiger partial charge is 0.573 e. The molecular weight excluding hydrogens is 419 g/mol. The first-order valence-corrected chi connectivity index (χ1v) is 9.83. The highest BCUT2D eigenvalue weighted by molar-refractivity contribution is 7.99. The fourth-order valence-corrected chi connectivity index (χ4v) is 3.51. The van der Waals surface area contributed by atoms with Gasteiger partial charge >= 0.3 is 6.36 Å². The maximum absolute atomic E-state index is 12.9. The van der Waals surface area contributed by atoms with Gasteiger partial charge < -0.3 is 4.74 Å². The molecule has 3 aromatic rings. The first kappa shape index (κ1) is 21.7. The number of rotatable bonds is 6. The maximum atomic E-state index is 12.9. The average Bonchev–Trinajstić information content (AvgIpc) is 2.63. The Morgan fingerprint density at radius 1 is 1.20 bits per heavy atom. The molecule has 0 saturated carbocycles. The summed E-state index contributed by atoms with van der Waals surface area (Å²) in [6, 6.07) is 11.9. The smallest absolute Gasteiger partial charge is 0.406 e. The third-order valence-electron chi connectivity index (χ3n) is 3.82. The summed E-state index contributed by atoms with van der Waals surface area (Å²) in [6.45, 7) is 3.84. The zero-order valence-electron chi connectivity index (χ0n) is 16.1. The number of carbonyl (C=O) groups is 1. The fourth-order valence-electron chi connectivity index (χ4n) is 2.70. The Balaban J connectivity index is 1.87. The molecule has 0 spiro atoms. The maximum Gasteiger partial charge on any atom is 0.573 e. The highest BCUT2D eigenvalue weighted by Crippen LogP contribution is 2.24. The van der Waals surface area contributed by atoms with E-state index in [1.807, 2.05) is 13.8 Å². The number of alkyl halides is 3. The predicted octanol–water partition coefficient (Wildman–Crippen LogP) is 4.11. The van der Waals surface area contributed by atoms with Gasteiger partial charge in [-0.1, -0.05) is 49.9 Å². The van der Waals surface area contributed by atoms with Crippen LogP contribution in [0.4, 0.5) is 13.2 Å². The lowest BCUT2D eigenvalue weighted by Gasteiger charge is -2.15. The lowest BCUT2D eigenvalue weighted by Crippen LogP contribution is -2.36. The summed E-state index contributed by atoms with van der Waals surface area (Å²) in [5.74, 6) is -1.00. The monoisotopic (exact) mass is 437 g/mol. The Hall–Kier alpha value is -3.01. The molecule has 6 nitrogen and oxygen atoms in total. The van der Waals surface area contributed by atoms with Crippen molar-refractivity contribution in [3.8, 4) is 5.75 Å². The van der Waals surface area contributed by atoms with Crippen LogP contribution in [0.3, 0.4) is 0 Å². The van der Waals surface area contributed by atoms with Gasteiger partial charge in [-0.15, -0.1) is 13.2 Å². The van der Waals surface area contributed by atoms with Crippen LogP contribution < -0.4 is 15.7 Å². The van der Waals surface area contributed by atoms with Gasteiger partial charge in [0, 0.05) is 5.25 Å². The van der Waals surface area contributed by atoms with Crippen LogP contribution in [-0.2, 0) is 11.2 Å². The Bertz CT molecular complexity index is 1130. The molecule has 0 atom stereocenters. The molecule has 1 aromatic heterocycles. The Morgan fingerprint density at radius 3 is 2.63 bits per heavy atom. The minimum absolute atomic E-state index is 0.0948. The van der Waals surface area contributed by atoms with Crippen LogP contribution in [-0.4, -0.2) is 27.2 Å². The molecule has 0 unspecified atom stereocenters. The third-order valence-corrected chi connectivity index (χ3v) is 4.78. The number of aromatic nitrogens is 2. The van der Waals surface area contributed by atoms with Crippen molar-refractivity contribution in [2.75, 3.05) is 5.43 Å². The number of hydrogen-bond donors (Lipinski definition) is 1. The molecule has 1 amide bonds. The molecule has 0 aliphatic heterocycles. The number of halogens is 3. The number of carbonyl (C=O) groups excluding carboxylic acids is 1. The summed E-state index contributed by atoms with van der Waals surface area (Å²) in [6.07, 6.45) is -5.08. The summed E-state index contributed by atoms with van der Waals surface area (Å²) < 4.78 is 42.1. The van der Waals surface area contributed by atoms with Crippen molar-refractivity contribution in [3.63, 3.8) is 0 Å². The van der Waals surface area contributed by atoms with Crippen LogP contribution in [0, 0.1) is 0 Å². The second-order valence-electron chi connectivity index (χ2n) is 6.63. The summed E-state index contributed by atoms with van der Waals surface area (Å²) >= 11 is 1.30. The summed E-state index contributed by atoms with van der Waals surface area (Å²) in [5, 5.41) is 0.750. The van der Waals surface area contributed by atoms with Gasteiger partial charge in [-0.3, -0.25) is 15.0 Å². The molecule has 1 N–H and O–H groups in total. The van der Waals surface area contributed by atoms with E-state index in [-0.39, 0.29) is 11.7 Å². The second kappa shape index (κ2) is 8.78. The van der Waals surface area contributed by atoms with Gasteiger partial charge in [0.15, 0.2) is 5.16 Å². The number of benzene rings is 2. The molecule has 0 saturated heterocycles. The molecule has 158 valence electrons. The Labute approximate surface area is 174 Å². The van der Waals surface area contributed by atoms with Crippen molar-refractivity contribution < 1.29 is 22.7 Å². The summed E-state index contributed by atoms with van der Waals surface area (Å²) in [5.41, 5.74) is 2.88. The third kappa shape index (κ3) is 5.53. The van der Waals surface area contributed by atoms with E-state index in [1.54, 1.807) is 24.3 Å². The first-order valence-electron chi connectivity index (χ1n) is 8.95. The van der Waals surface area contributed by atoms with E-state index in [0.29, 0.717) is 21.6 Å². The Kier molecular flexibility index (Phi) is 6.35. The zero-order chi connectivity index (χ0) is 21.9. The van der Waals surface area contributed by atoms with E-state index < -0.39 is 23.6 Å². The van der Waals surface area contributed by atoms with E-state index in [1.165, 1.54) is 23.9 Å². The quantitative estimate of drug-likeness (QED) is 0.464. The van der Waals surface area contributed by atoms with Crippen LogP contribution in [0.15, 0.2) is 58.5 Å². The van der Waals surface area contributed by atoms with Crippen molar-refractivity contribution in [1.29, 1.82) is 0 Å². The standard InChI is InChI=1S/C20H18F3N3O3S/c1-12(2)30-19-24-16-9-4-3-8-15(16)18(28)26(19)25-17(27)11-13-6-5-7-14(10-13)29-20(21,22)23/h3-10,12H,11H2,1-2H3,(H,25,27). The van der Waals surface area contributed by atoms with E-state index in [9.17, 15) is 22.8 Å². The second-order valence-corrected chi connectivity index (χ2v) is 8.17. The van der Waals surface area contributed by atoms with Crippen LogP contribution >= 0.6 is 11.8 Å². The topological polar surface area (TPSA) is 73.2 Å². The summed E-state index contributed by atoms with van der Waals surface area (Å²) in [4.78, 5) is 29.9. The zero-order valence-corrected chi connectivity index (χ0v) is 16.9. The lowest BCUT2D eigenvalue weighted by molar-refractivity contribution is -0.274. The molecule has 0 aliphatic carbocycles. The van der Waals surface area contributed by atoms with E-state index in [2.05, 4.69) is 15.1 Å². The van der Waals surface area contributed by atoms with Crippen LogP contribution in [0.5, 0.6) is 5.75 Å². The van der Waals surface area contributed by atoms with Crippen molar-refractivity contribution in [1.82, 2.24) is 9.66 Å². The average molecular weight is 437 g/mol. The number of nitrogens with one attached hydrogen (secondary N) is 1. The van der Waals surface area contributed by atoms with Crippen LogP contribution in [0.2, 0.25) is 0 Å². The molecule has 0 aliphatic rings. The number of amides is 1. The van der Waals surface area contributed by atoms with Crippen molar-refractivity contribution in [2.45, 2.75) is 37.0 Å². The van der Waals surface area contributed by atoms with Crippen molar-refractivity contribution in [2.24, 2.45) is 0 Å². The van der Waals surface area contributed by atoms with Gasteiger partial charge in [0.2, 0.25) is 5.91 Å². The summed E-state index contributed by atoms with van der Waals surface area (Å²) in [7, 11) is 0. The Morgan fingerprint density at radius 2 is 1.93 bits per heavy atom. The molecule has 3 rings (SSSR count). The number of ether oxygens (including phenoxy) is 1.